The zero-order valence-corrected chi connectivity index (χ0v) is 13.0. The van der Waals surface area contributed by atoms with Gasteiger partial charge in [0, 0.05) is 5.56 Å². The molecule has 1 N–H and O–H groups in total. The van der Waals surface area contributed by atoms with Gasteiger partial charge in [0.15, 0.2) is 0 Å². The van der Waals surface area contributed by atoms with E-state index >= 15 is 0 Å². The number of hydrogen-bond donors (Lipinski definition) is 1. The second-order valence-corrected chi connectivity index (χ2v) is 4.88. The highest BCUT2D eigenvalue weighted by atomic mass is 35.5. The van der Waals surface area contributed by atoms with Crippen LogP contribution in [0.2, 0.25) is 5.02 Å². The standard InChI is InChI=1S/C17H14ClFO4/c1-22-17(21)15(8-9-20)23-16-10-11(6-7-13(16)18)12-4-2-3-5-14(12)19/h2-8,10,20H,9H2,1H3/b15-8-. The number of carbonyl (C=O) groups excluding carboxylic acids is 1. The summed E-state index contributed by atoms with van der Waals surface area (Å²) >= 11 is 6.05. The fourth-order valence-corrected chi connectivity index (χ4v) is 2.07. The number of rotatable bonds is 5. The van der Waals surface area contributed by atoms with Gasteiger partial charge in [-0.05, 0) is 29.8 Å². The lowest BCUT2D eigenvalue weighted by molar-refractivity contribution is -0.138. The van der Waals surface area contributed by atoms with Gasteiger partial charge in [-0.1, -0.05) is 35.9 Å². The number of halogens is 2. The fraction of sp³-hybridized carbons (Fsp3) is 0.118. The number of benzene rings is 2. The SMILES string of the molecule is COC(=O)/C(=C/CO)Oc1cc(-c2ccccc2F)ccc1Cl. The minimum Gasteiger partial charge on any atom is -0.463 e. The average Bonchev–Trinajstić information content (AvgIpc) is 2.56. The zero-order chi connectivity index (χ0) is 16.8. The molecule has 0 aliphatic rings. The molecule has 2 aromatic carbocycles. The molecule has 0 heterocycles. The number of methoxy groups -OCH3 is 1. The maximum atomic E-state index is 13.9. The summed E-state index contributed by atoms with van der Waals surface area (Å²) in [6.45, 7) is -0.408. The van der Waals surface area contributed by atoms with Crippen molar-refractivity contribution in [3.8, 4) is 16.9 Å². The largest absolute Gasteiger partial charge is 0.463 e. The Kier molecular flexibility index (Phi) is 5.73. The van der Waals surface area contributed by atoms with Gasteiger partial charge in [-0.15, -0.1) is 0 Å². The molecule has 0 spiro atoms. The van der Waals surface area contributed by atoms with E-state index in [0.29, 0.717) is 11.1 Å². The third-order valence-corrected chi connectivity index (χ3v) is 3.31. The second kappa shape index (κ2) is 7.76. The van der Waals surface area contributed by atoms with E-state index in [4.69, 9.17) is 21.4 Å². The van der Waals surface area contributed by atoms with E-state index in [9.17, 15) is 9.18 Å². The van der Waals surface area contributed by atoms with E-state index in [1.807, 2.05) is 0 Å². The van der Waals surface area contributed by atoms with Crippen molar-refractivity contribution in [2.24, 2.45) is 0 Å². The van der Waals surface area contributed by atoms with E-state index in [0.717, 1.165) is 6.08 Å². The van der Waals surface area contributed by atoms with Gasteiger partial charge in [0.2, 0.25) is 5.76 Å². The van der Waals surface area contributed by atoms with Gasteiger partial charge < -0.3 is 14.6 Å². The molecule has 23 heavy (non-hydrogen) atoms. The molecule has 0 saturated heterocycles. The Hall–Kier alpha value is -2.37. The molecule has 2 rings (SSSR count). The topological polar surface area (TPSA) is 55.8 Å². The monoisotopic (exact) mass is 336 g/mol. The van der Waals surface area contributed by atoms with Crippen molar-refractivity contribution in [1.82, 2.24) is 0 Å². The Bertz CT molecular complexity index is 743. The molecule has 0 aromatic heterocycles. The molecule has 0 aliphatic carbocycles. The zero-order valence-electron chi connectivity index (χ0n) is 12.3. The summed E-state index contributed by atoms with van der Waals surface area (Å²) in [5, 5.41) is 9.18. The predicted octanol–water partition coefficient (Wildman–Crippen LogP) is 3.57. The summed E-state index contributed by atoms with van der Waals surface area (Å²) in [6.07, 6.45) is 1.15. The quantitative estimate of drug-likeness (QED) is 0.515. The molecule has 6 heteroatoms. The summed E-state index contributed by atoms with van der Waals surface area (Å²) in [7, 11) is 1.19. The number of carbonyl (C=O) groups is 1. The van der Waals surface area contributed by atoms with Crippen LogP contribution in [0.1, 0.15) is 0 Å². The summed E-state index contributed by atoms with van der Waals surface area (Å²) in [5.74, 6) is -1.20. The summed E-state index contributed by atoms with van der Waals surface area (Å²) in [4.78, 5) is 11.6. The van der Waals surface area contributed by atoms with Crippen molar-refractivity contribution < 1.29 is 23.8 Å². The van der Waals surface area contributed by atoms with Crippen molar-refractivity contribution in [1.29, 1.82) is 0 Å². The maximum Gasteiger partial charge on any atom is 0.373 e. The summed E-state index contributed by atoms with van der Waals surface area (Å²) in [5.41, 5.74) is 0.912. The lowest BCUT2D eigenvalue weighted by atomic mass is 10.1. The Balaban J connectivity index is 2.40. The van der Waals surface area contributed by atoms with Gasteiger partial charge in [0.05, 0.1) is 18.7 Å². The van der Waals surface area contributed by atoms with Crippen LogP contribution in [-0.2, 0) is 9.53 Å². The molecule has 0 saturated carbocycles. The minimum atomic E-state index is -0.758. The van der Waals surface area contributed by atoms with Gasteiger partial charge in [-0.2, -0.15) is 0 Å². The van der Waals surface area contributed by atoms with Crippen LogP contribution >= 0.6 is 11.6 Å². The molecule has 0 amide bonds. The minimum absolute atomic E-state index is 0.150. The Morgan fingerprint density at radius 2 is 2.04 bits per heavy atom. The molecule has 2 aromatic rings. The highest BCUT2D eigenvalue weighted by molar-refractivity contribution is 6.32. The van der Waals surface area contributed by atoms with E-state index in [-0.39, 0.29) is 22.3 Å². The van der Waals surface area contributed by atoms with Gasteiger partial charge in [-0.25, -0.2) is 9.18 Å². The first-order chi connectivity index (χ1) is 11.1. The number of aliphatic hydroxyl groups is 1. The fourth-order valence-electron chi connectivity index (χ4n) is 1.91. The molecule has 0 atom stereocenters. The first-order valence-electron chi connectivity index (χ1n) is 6.68. The number of aliphatic hydroxyl groups excluding tert-OH is 1. The normalized spacial score (nSPS) is 11.2. The third kappa shape index (κ3) is 4.09. The van der Waals surface area contributed by atoms with Crippen LogP contribution in [-0.4, -0.2) is 24.8 Å². The van der Waals surface area contributed by atoms with Crippen molar-refractivity contribution in [3.63, 3.8) is 0 Å². The van der Waals surface area contributed by atoms with Crippen LogP contribution in [0.15, 0.2) is 54.3 Å². The van der Waals surface area contributed by atoms with Crippen molar-refractivity contribution in [2.75, 3.05) is 13.7 Å². The molecule has 0 unspecified atom stereocenters. The first kappa shape index (κ1) is 17.0. The van der Waals surface area contributed by atoms with E-state index < -0.39 is 12.6 Å². The molecule has 0 bridgehead atoms. The molecule has 0 aliphatic heterocycles. The summed E-state index contributed by atoms with van der Waals surface area (Å²) < 4.78 is 23.9. The number of hydrogen-bond acceptors (Lipinski definition) is 4. The molecule has 4 nitrogen and oxygen atoms in total. The van der Waals surface area contributed by atoms with E-state index in [1.54, 1.807) is 24.3 Å². The van der Waals surface area contributed by atoms with Crippen LogP contribution in [0.3, 0.4) is 0 Å². The number of ether oxygens (including phenoxy) is 2. The van der Waals surface area contributed by atoms with Gasteiger partial charge in [0.1, 0.15) is 11.6 Å². The van der Waals surface area contributed by atoms with E-state index in [1.165, 1.54) is 25.3 Å². The highest BCUT2D eigenvalue weighted by Crippen LogP contribution is 2.32. The second-order valence-electron chi connectivity index (χ2n) is 4.47. The third-order valence-electron chi connectivity index (χ3n) is 3.00. The van der Waals surface area contributed by atoms with Gasteiger partial charge >= 0.3 is 5.97 Å². The molecule has 120 valence electrons. The molecular formula is C17H14ClFO4. The average molecular weight is 337 g/mol. The maximum absolute atomic E-state index is 13.9. The molecular weight excluding hydrogens is 323 g/mol. The van der Waals surface area contributed by atoms with Gasteiger partial charge in [0.25, 0.3) is 0 Å². The molecule has 0 radical (unpaired) electrons. The highest BCUT2D eigenvalue weighted by Gasteiger charge is 2.15. The summed E-state index contributed by atoms with van der Waals surface area (Å²) in [6, 6.07) is 10.9. The number of esters is 1. The van der Waals surface area contributed by atoms with Crippen LogP contribution in [0.4, 0.5) is 4.39 Å². The smallest absolute Gasteiger partial charge is 0.373 e. The van der Waals surface area contributed by atoms with Crippen molar-refractivity contribution in [2.45, 2.75) is 0 Å². The van der Waals surface area contributed by atoms with Crippen LogP contribution in [0.5, 0.6) is 5.75 Å². The predicted molar refractivity (Wildman–Crippen MR) is 84.7 cm³/mol. The Labute approximate surface area is 137 Å². The first-order valence-corrected chi connectivity index (χ1v) is 7.06. The van der Waals surface area contributed by atoms with Crippen LogP contribution in [0, 0.1) is 5.82 Å². The van der Waals surface area contributed by atoms with Crippen LogP contribution in [0.25, 0.3) is 11.1 Å². The Morgan fingerprint density at radius 1 is 1.30 bits per heavy atom. The lowest BCUT2D eigenvalue weighted by Crippen LogP contribution is -2.11. The molecule has 0 fully saturated rings. The lowest BCUT2D eigenvalue weighted by Gasteiger charge is -2.11. The Morgan fingerprint density at radius 3 is 2.70 bits per heavy atom. The van der Waals surface area contributed by atoms with Gasteiger partial charge in [-0.3, -0.25) is 0 Å². The van der Waals surface area contributed by atoms with Crippen molar-refractivity contribution in [3.05, 3.63) is 65.1 Å². The van der Waals surface area contributed by atoms with Crippen molar-refractivity contribution >= 4 is 17.6 Å². The van der Waals surface area contributed by atoms with Crippen LogP contribution < -0.4 is 4.74 Å². The van der Waals surface area contributed by atoms with E-state index in [2.05, 4.69) is 4.74 Å².